The molecule has 4 rings (SSSR count). The van der Waals surface area contributed by atoms with Gasteiger partial charge in [-0.15, -0.1) is 5.10 Å². The zero-order chi connectivity index (χ0) is 11.9. The van der Waals surface area contributed by atoms with Crippen molar-refractivity contribution in [2.45, 2.75) is 0 Å². The molecular formula is C14H10N4. The van der Waals surface area contributed by atoms with Crippen LogP contribution >= 0.6 is 0 Å². The maximum Gasteiger partial charge on any atom is 0.135 e. The third-order valence-corrected chi connectivity index (χ3v) is 3.10. The van der Waals surface area contributed by atoms with Crippen LogP contribution in [0, 0.1) is 0 Å². The lowest BCUT2D eigenvalue weighted by molar-refractivity contribution is 0.808. The lowest BCUT2D eigenvalue weighted by Crippen LogP contribution is -1.96. The summed E-state index contributed by atoms with van der Waals surface area (Å²) in [6.07, 6.45) is 0. The Morgan fingerprint density at radius 3 is 2.72 bits per heavy atom. The Balaban J connectivity index is 2.01. The van der Waals surface area contributed by atoms with Crippen LogP contribution in [0.3, 0.4) is 0 Å². The summed E-state index contributed by atoms with van der Waals surface area (Å²) in [6, 6.07) is 18.2. The average molecular weight is 234 g/mol. The molecule has 4 nitrogen and oxygen atoms in total. The van der Waals surface area contributed by atoms with Crippen molar-refractivity contribution in [3.05, 3.63) is 54.6 Å². The Bertz CT molecular complexity index is 808. The molecule has 4 aromatic rings. The third kappa shape index (κ3) is 1.26. The molecule has 0 fully saturated rings. The van der Waals surface area contributed by atoms with Gasteiger partial charge in [0, 0.05) is 10.9 Å². The van der Waals surface area contributed by atoms with Gasteiger partial charge in [0.1, 0.15) is 11.3 Å². The van der Waals surface area contributed by atoms with Crippen molar-refractivity contribution < 1.29 is 0 Å². The molecule has 2 aromatic carbocycles. The molecule has 0 radical (unpaired) electrons. The topological polar surface area (TPSA) is 46.5 Å². The van der Waals surface area contributed by atoms with Crippen LogP contribution in [0.2, 0.25) is 0 Å². The maximum atomic E-state index is 4.20. The zero-order valence-corrected chi connectivity index (χ0v) is 9.54. The Labute approximate surface area is 103 Å². The van der Waals surface area contributed by atoms with E-state index < -0.39 is 0 Å². The van der Waals surface area contributed by atoms with E-state index in [2.05, 4.69) is 33.5 Å². The summed E-state index contributed by atoms with van der Waals surface area (Å²) in [5, 5.41) is 9.53. The first-order valence-corrected chi connectivity index (χ1v) is 5.80. The van der Waals surface area contributed by atoms with Gasteiger partial charge in [0.05, 0.1) is 5.52 Å². The summed E-state index contributed by atoms with van der Waals surface area (Å²) in [5.41, 5.74) is 3.01. The molecule has 0 atom stereocenters. The number of hydrogen-bond acceptors (Lipinski definition) is 2. The molecule has 18 heavy (non-hydrogen) atoms. The number of para-hydroxylation sites is 2. The highest BCUT2D eigenvalue weighted by Crippen LogP contribution is 2.20. The van der Waals surface area contributed by atoms with E-state index in [9.17, 15) is 0 Å². The van der Waals surface area contributed by atoms with Crippen LogP contribution in [0.1, 0.15) is 0 Å². The van der Waals surface area contributed by atoms with Crippen molar-refractivity contribution in [2.75, 3.05) is 0 Å². The minimum absolute atomic E-state index is 0.899. The number of benzene rings is 2. The lowest BCUT2D eigenvalue weighted by Gasteiger charge is -1.96. The molecule has 2 heterocycles. The molecule has 0 saturated carbocycles. The van der Waals surface area contributed by atoms with E-state index in [1.165, 1.54) is 5.39 Å². The summed E-state index contributed by atoms with van der Waals surface area (Å²) in [6.45, 7) is 0. The van der Waals surface area contributed by atoms with Crippen LogP contribution in [-0.4, -0.2) is 20.0 Å². The van der Waals surface area contributed by atoms with Crippen LogP contribution in [0.5, 0.6) is 0 Å². The van der Waals surface area contributed by atoms with Crippen molar-refractivity contribution in [1.82, 2.24) is 20.0 Å². The van der Waals surface area contributed by atoms with Gasteiger partial charge in [-0.25, -0.2) is 0 Å². The van der Waals surface area contributed by atoms with Crippen LogP contribution < -0.4 is 0 Å². The Morgan fingerprint density at radius 1 is 0.944 bits per heavy atom. The summed E-state index contributed by atoms with van der Waals surface area (Å²) >= 11 is 0. The van der Waals surface area contributed by atoms with Crippen LogP contribution in [0.4, 0.5) is 0 Å². The molecule has 0 spiro atoms. The van der Waals surface area contributed by atoms with Gasteiger partial charge in [-0.3, -0.25) is 0 Å². The number of hydrogen-bond donors (Lipinski definition) is 1. The predicted molar refractivity (Wildman–Crippen MR) is 70.7 cm³/mol. The summed E-state index contributed by atoms with van der Waals surface area (Å²) in [5.74, 6) is 0.935. The van der Waals surface area contributed by atoms with Crippen molar-refractivity contribution in [3.8, 4) is 5.82 Å². The number of rotatable bonds is 1. The highest BCUT2D eigenvalue weighted by Gasteiger charge is 2.07. The van der Waals surface area contributed by atoms with Crippen molar-refractivity contribution in [3.63, 3.8) is 0 Å². The molecule has 0 saturated heterocycles. The molecule has 0 aliphatic carbocycles. The van der Waals surface area contributed by atoms with E-state index in [0.29, 0.717) is 0 Å². The predicted octanol–water partition coefficient (Wildman–Crippen LogP) is 2.90. The van der Waals surface area contributed by atoms with Crippen molar-refractivity contribution in [1.29, 1.82) is 0 Å². The minimum atomic E-state index is 0.899. The largest absolute Gasteiger partial charge is 0.340 e. The second-order valence-electron chi connectivity index (χ2n) is 4.23. The van der Waals surface area contributed by atoms with Gasteiger partial charge >= 0.3 is 0 Å². The van der Waals surface area contributed by atoms with Gasteiger partial charge < -0.3 is 4.98 Å². The van der Waals surface area contributed by atoms with Gasteiger partial charge in [-0.2, -0.15) is 4.68 Å². The number of nitrogens with zero attached hydrogens (tertiary/aromatic N) is 3. The van der Waals surface area contributed by atoms with Gasteiger partial charge in [-0.05, 0) is 24.3 Å². The first-order chi connectivity index (χ1) is 8.92. The SMILES string of the molecule is c1ccc2[nH]c(-n3nnc4ccccc43)cc2c1. The van der Waals surface area contributed by atoms with E-state index in [4.69, 9.17) is 0 Å². The first kappa shape index (κ1) is 9.41. The summed E-state index contributed by atoms with van der Waals surface area (Å²) in [4.78, 5) is 3.35. The molecule has 4 heteroatoms. The van der Waals surface area contributed by atoms with Gasteiger partial charge in [0.2, 0.25) is 0 Å². The van der Waals surface area contributed by atoms with E-state index in [1.54, 1.807) is 0 Å². The molecular weight excluding hydrogens is 224 g/mol. The second-order valence-corrected chi connectivity index (χ2v) is 4.23. The minimum Gasteiger partial charge on any atom is -0.340 e. The second kappa shape index (κ2) is 3.43. The summed E-state index contributed by atoms with van der Waals surface area (Å²) < 4.78 is 1.83. The fourth-order valence-corrected chi connectivity index (χ4v) is 2.22. The van der Waals surface area contributed by atoms with E-state index >= 15 is 0 Å². The third-order valence-electron chi connectivity index (χ3n) is 3.10. The molecule has 0 bridgehead atoms. The Kier molecular flexibility index (Phi) is 1.80. The maximum absolute atomic E-state index is 4.20. The molecule has 0 aliphatic heterocycles. The highest BCUT2D eigenvalue weighted by molar-refractivity contribution is 5.83. The molecule has 0 unspecified atom stereocenters. The van der Waals surface area contributed by atoms with E-state index in [0.717, 1.165) is 22.4 Å². The lowest BCUT2D eigenvalue weighted by atomic mass is 10.2. The number of fused-ring (bicyclic) bond motifs is 2. The smallest absolute Gasteiger partial charge is 0.135 e. The van der Waals surface area contributed by atoms with Crippen LogP contribution in [-0.2, 0) is 0 Å². The number of nitrogens with one attached hydrogen (secondary N) is 1. The van der Waals surface area contributed by atoms with Crippen LogP contribution in [0.15, 0.2) is 54.6 Å². The fraction of sp³-hybridized carbons (Fsp3) is 0. The van der Waals surface area contributed by atoms with Gasteiger partial charge in [-0.1, -0.05) is 35.5 Å². The quantitative estimate of drug-likeness (QED) is 0.550. The zero-order valence-electron chi connectivity index (χ0n) is 9.54. The molecule has 0 amide bonds. The normalized spacial score (nSPS) is 11.3. The first-order valence-electron chi connectivity index (χ1n) is 5.80. The van der Waals surface area contributed by atoms with Gasteiger partial charge in [0.15, 0.2) is 0 Å². The number of aromatic amines is 1. The van der Waals surface area contributed by atoms with Crippen molar-refractivity contribution >= 4 is 21.9 Å². The van der Waals surface area contributed by atoms with Crippen molar-refractivity contribution in [2.24, 2.45) is 0 Å². The molecule has 2 aromatic heterocycles. The number of H-pyrrole nitrogens is 1. The highest BCUT2D eigenvalue weighted by atomic mass is 15.4. The van der Waals surface area contributed by atoms with Crippen LogP contribution in [0.25, 0.3) is 27.8 Å². The van der Waals surface area contributed by atoms with E-state index in [-0.39, 0.29) is 0 Å². The Hall–Kier alpha value is -2.62. The van der Waals surface area contributed by atoms with Gasteiger partial charge in [0.25, 0.3) is 0 Å². The monoisotopic (exact) mass is 234 g/mol. The Morgan fingerprint density at radius 2 is 1.78 bits per heavy atom. The van der Waals surface area contributed by atoms with E-state index in [1.807, 2.05) is 41.1 Å². The fourth-order valence-electron chi connectivity index (χ4n) is 2.22. The average Bonchev–Trinajstić information content (AvgIpc) is 3.02. The summed E-state index contributed by atoms with van der Waals surface area (Å²) in [7, 11) is 0. The molecule has 86 valence electrons. The number of aromatic nitrogens is 4. The molecule has 1 N–H and O–H groups in total. The molecule has 0 aliphatic rings. The standard InChI is InChI=1S/C14H10N4/c1-2-6-11-10(5-1)9-14(15-11)18-13-8-4-3-7-12(13)16-17-18/h1-9,15H.